The van der Waals surface area contributed by atoms with Crippen LogP contribution < -0.4 is 5.32 Å². The maximum atomic E-state index is 12.1. The molecule has 0 spiro atoms. The lowest BCUT2D eigenvalue weighted by Crippen LogP contribution is -2.39. The first-order valence-electron chi connectivity index (χ1n) is 7.65. The van der Waals surface area contributed by atoms with Crippen LogP contribution in [0.15, 0.2) is 48.8 Å². The molecular weight excluding hydrogens is 274 g/mol. The molecule has 4 nitrogen and oxygen atoms in total. The molecule has 1 aliphatic rings. The summed E-state index contributed by atoms with van der Waals surface area (Å²) in [7, 11) is 0. The van der Waals surface area contributed by atoms with Crippen LogP contribution in [0.5, 0.6) is 0 Å². The van der Waals surface area contributed by atoms with Crippen LogP contribution >= 0.6 is 0 Å². The van der Waals surface area contributed by atoms with Crippen LogP contribution in [0.2, 0.25) is 0 Å². The van der Waals surface area contributed by atoms with Crippen molar-refractivity contribution < 1.29 is 4.79 Å². The third kappa shape index (κ3) is 2.26. The van der Waals surface area contributed by atoms with Crippen molar-refractivity contribution in [3.63, 3.8) is 0 Å². The predicted octanol–water partition coefficient (Wildman–Crippen LogP) is 3.51. The summed E-state index contributed by atoms with van der Waals surface area (Å²) in [6.07, 6.45) is 7.13. The smallest absolute Gasteiger partial charge is 0.251 e. The Morgan fingerprint density at radius 1 is 1.14 bits per heavy atom. The highest BCUT2D eigenvalue weighted by atomic mass is 16.1. The average molecular weight is 291 g/mol. The molecule has 4 rings (SSSR count). The molecule has 1 saturated carbocycles. The standard InChI is InChI=1S/C18H17N3O/c22-18(21-14-2-1-3-14)13-6-4-12(5-7-13)17-15-8-10-19-16(15)9-11-20-17/h4-11,14,19H,1-3H2,(H,21,22). The van der Waals surface area contributed by atoms with Crippen molar-refractivity contribution >= 4 is 16.8 Å². The molecule has 110 valence electrons. The molecule has 2 N–H and O–H groups in total. The highest BCUT2D eigenvalue weighted by Gasteiger charge is 2.20. The van der Waals surface area contributed by atoms with Gasteiger partial charge in [0, 0.05) is 40.5 Å². The summed E-state index contributed by atoms with van der Waals surface area (Å²) in [6.45, 7) is 0. The molecule has 0 saturated heterocycles. The maximum absolute atomic E-state index is 12.1. The number of hydrogen-bond acceptors (Lipinski definition) is 2. The van der Waals surface area contributed by atoms with E-state index in [0.717, 1.165) is 35.0 Å². The zero-order chi connectivity index (χ0) is 14.9. The van der Waals surface area contributed by atoms with Crippen LogP contribution in [0.1, 0.15) is 29.6 Å². The molecule has 2 heterocycles. The van der Waals surface area contributed by atoms with Crippen molar-refractivity contribution in [3.05, 3.63) is 54.4 Å². The minimum absolute atomic E-state index is 0.0177. The lowest BCUT2D eigenvalue weighted by atomic mass is 9.93. The summed E-state index contributed by atoms with van der Waals surface area (Å²) >= 11 is 0. The quantitative estimate of drug-likeness (QED) is 0.775. The lowest BCUT2D eigenvalue weighted by molar-refractivity contribution is 0.0917. The van der Waals surface area contributed by atoms with E-state index in [2.05, 4.69) is 15.3 Å². The number of fused-ring (bicyclic) bond motifs is 1. The number of H-pyrrole nitrogens is 1. The Morgan fingerprint density at radius 3 is 2.68 bits per heavy atom. The fourth-order valence-electron chi connectivity index (χ4n) is 2.81. The van der Waals surface area contributed by atoms with Gasteiger partial charge in [0.2, 0.25) is 0 Å². The number of nitrogens with zero attached hydrogens (tertiary/aromatic N) is 1. The van der Waals surface area contributed by atoms with Gasteiger partial charge in [-0.15, -0.1) is 0 Å². The molecule has 1 aliphatic carbocycles. The third-order valence-corrected chi connectivity index (χ3v) is 4.34. The van der Waals surface area contributed by atoms with Crippen LogP contribution in [0.25, 0.3) is 22.2 Å². The number of carbonyl (C=O) groups excluding carboxylic acids is 1. The van der Waals surface area contributed by atoms with Crippen LogP contribution in [0.3, 0.4) is 0 Å². The third-order valence-electron chi connectivity index (χ3n) is 4.34. The summed E-state index contributed by atoms with van der Waals surface area (Å²) in [6, 6.07) is 12.0. The van der Waals surface area contributed by atoms with Crippen molar-refractivity contribution in [1.82, 2.24) is 15.3 Å². The zero-order valence-electron chi connectivity index (χ0n) is 12.2. The van der Waals surface area contributed by atoms with E-state index in [-0.39, 0.29) is 5.91 Å². The fourth-order valence-corrected chi connectivity index (χ4v) is 2.81. The van der Waals surface area contributed by atoms with Gasteiger partial charge in [0.05, 0.1) is 5.69 Å². The largest absolute Gasteiger partial charge is 0.361 e. The van der Waals surface area contributed by atoms with Crippen molar-refractivity contribution in [2.24, 2.45) is 0 Å². The molecule has 1 amide bonds. The van der Waals surface area contributed by atoms with E-state index >= 15 is 0 Å². The van der Waals surface area contributed by atoms with Crippen LogP contribution in [0.4, 0.5) is 0 Å². The van der Waals surface area contributed by atoms with E-state index in [1.54, 1.807) is 6.20 Å². The second-order valence-electron chi connectivity index (χ2n) is 5.78. The van der Waals surface area contributed by atoms with Crippen molar-refractivity contribution in [2.75, 3.05) is 0 Å². The first-order chi connectivity index (χ1) is 10.8. The SMILES string of the molecule is O=C(NC1CCC1)c1ccc(-c2nccc3[nH]ccc23)cc1. The van der Waals surface area contributed by atoms with Gasteiger partial charge in [0.25, 0.3) is 5.91 Å². The first-order valence-corrected chi connectivity index (χ1v) is 7.65. The average Bonchev–Trinajstić information content (AvgIpc) is 2.99. The van der Waals surface area contributed by atoms with Crippen molar-refractivity contribution in [2.45, 2.75) is 25.3 Å². The number of rotatable bonds is 3. The number of carbonyl (C=O) groups is 1. The van der Waals surface area contributed by atoms with Crippen molar-refractivity contribution in [1.29, 1.82) is 0 Å². The Hall–Kier alpha value is -2.62. The lowest BCUT2D eigenvalue weighted by Gasteiger charge is -2.26. The Morgan fingerprint density at radius 2 is 1.95 bits per heavy atom. The number of pyridine rings is 1. The van der Waals surface area contributed by atoms with Gasteiger partial charge < -0.3 is 10.3 Å². The summed E-state index contributed by atoms with van der Waals surface area (Å²) in [5, 5.41) is 4.15. The van der Waals surface area contributed by atoms with Gasteiger partial charge in [-0.05, 0) is 43.5 Å². The fraction of sp³-hybridized carbons (Fsp3) is 0.222. The van der Waals surface area contributed by atoms with Gasteiger partial charge in [0.15, 0.2) is 0 Å². The second kappa shape index (κ2) is 5.30. The van der Waals surface area contributed by atoms with E-state index in [0.29, 0.717) is 11.6 Å². The topological polar surface area (TPSA) is 57.8 Å². The molecule has 22 heavy (non-hydrogen) atoms. The zero-order valence-corrected chi connectivity index (χ0v) is 12.2. The van der Waals surface area contributed by atoms with E-state index < -0.39 is 0 Å². The highest BCUT2D eigenvalue weighted by molar-refractivity contribution is 5.96. The molecule has 0 aliphatic heterocycles. The van der Waals surface area contributed by atoms with Crippen molar-refractivity contribution in [3.8, 4) is 11.3 Å². The molecule has 0 radical (unpaired) electrons. The number of aromatic nitrogens is 2. The number of aromatic amines is 1. The molecule has 1 fully saturated rings. The summed E-state index contributed by atoms with van der Waals surface area (Å²) in [5.41, 5.74) is 3.73. The van der Waals surface area contributed by atoms with Gasteiger partial charge >= 0.3 is 0 Å². The molecule has 0 atom stereocenters. The molecule has 2 aromatic heterocycles. The first kappa shape index (κ1) is 13.1. The Balaban J connectivity index is 1.61. The molecular formula is C18H17N3O. The molecule has 3 aromatic rings. The van der Waals surface area contributed by atoms with Gasteiger partial charge in [-0.2, -0.15) is 0 Å². The van der Waals surface area contributed by atoms with Gasteiger partial charge in [0.1, 0.15) is 0 Å². The normalized spacial score (nSPS) is 14.7. The summed E-state index contributed by atoms with van der Waals surface area (Å²) < 4.78 is 0. The summed E-state index contributed by atoms with van der Waals surface area (Å²) in [4.78, 5) is 19.8. The van der Waals surface area contributed by atoms with Gasteiger partial charge in [-0.25, -0.2) is 0 Å². The second-order valence-corrected chi connectivity index (χ2v) is 5.78. The minimum Gasteiger partial charge on any atom is -0.361 e. The van der Waals surface area contributed by atoms with Gasteiger partial charge in [-0.3, -0.25) is 9.78 Å². The highest BCUT2D eigenvalue weighted by Crippen LogP contribution is 2.26. The maximum Gasteiger partial charge on any atom is 0.251 e. The Labute approximate surface area is 128 Å². The van der Waals surface area contributed by atoms with E-state index in [9.17, 15) is 4.79 Å². The number of hydrogen-bond donors (Lipinski definition) is 2. The molecule has 4 heteroatoms. The Kier molecular flexibility index (Phi) is 3.15. The van der Waals surface area contributed by atoms with E-state index in [1.807, 2.05) is 42.6 Å². The molecule has 1 aromatic carbocycles. The minimum atomic E-state index is 0.0177. The predicted molar refractivity (Wildman–Crippen MR) is 86.6 cm³/mol. The summed E-state index contributed by atoms with van der Waals surface area (Å²) in [5.74, 6) is 0.0177. The molecule has 0 bridgehead atoms. The van der Waals surface area contributed by atoms with Gasteiger partial charge in [-0.1, -0.05) is 12.1 Å². The van der Waals surface area contributed by atoms with E-state index in [1.165, 1.54) is 6.42 Å². The van der Waals surface area contributed by atoms with Crippen LogP contribution in [-0.2, 0) is 0 Å². The van der Waals surface area contributed by atoms with Crippen LogP contribution in [-0.4, -0.2) is 21.9 Å². The van der Waals surface area contributed by atoms with E-state index in [4.69, 9.17) is 0 Å². The molecule has 0 unspecified atom stereocenters. The monoisotopic (exact) mass is 291 g/mol. The Bertz CT molecular complexity index is 816. The number of benzene rings is 1. The number of amides is 1. The van der Waals surface area contributed by atoms with Crippen LogP contribution in [0, 0.1) is 0 Å². The number of nitrogens with one attached hydrogen (secondary N) is 2.